The van der Waals surface area contributed by atoms with Crippen LogP contribution in [0.1, 0.15) is 19.2 Å². The van der Waals surface area contributed by atoms with E-state index in [9.17, 15) is 4.79 Å². The number of carboxylic acids is 1. The van der Waals surface area contributed by atoms with Crippen LogP contribution >= 0.6 is 0 Å². The summed E-state index contributed by atoms with van der Waals surface area (Å²) in [6, 6.07) is 6.87. The minimum absolute atomic E-state index is 0.527. The fraction of sp³-hybridized carbons (Fsp3) is 0.286. The Kier molecular flexibility index (Phi) is 3.85. The highest BCUT2D eigenvalue weighted by Crippen LogP contribution is 2.21. The molecule has 0 fully saturated rings. The van der Waals surface area contributed by atoms with Crippen molar-refractivity contribution in [1.29, 1.82) is 0 Å². The lowest BCUT2D eigenvalue weighted by atomic mass is 10.1. The molecule has 5 nitrogen and oxygen atoms in total. The van der Waals surface area contributed by atoms with Crippen LogP contribution in [0.5, 0.6) is 0 Å². The van der Waals surface area contributed by atoms with E-state index in [4.69, 9.17) is 9.52 Å². The molecular formula is C14H16N2O3. The molecule has 100 valence electrons. The maximum atomic E-state index is 10.9. The molecule has 0 saturated carbocycles. The number of nitrogens with one attached hydrogen (secondary N) is 1. The number of nitrogens with zero attached hydrogens (tertiary/aromatic N) is 1. The van der Waals surface area contributed by atoms with Gasteiger partial charge in [-0.15, -0.1) is 0 Å². The fourth-order valence-corrected chi connectivity index (χ4v) is 1.77. The van der Waals surface area contributed by atoms with Crippen LogP contribution in [-0.4, -0.2) is 22.1 Å². The highest BCUT2D eigenvalue weighted by molar-refractivity contribution is 5.77. The summed E-state index contributed by atoms with van der Waals surface area (Å²) < 4.78 is 5.16. The minimum atomic E-state index is -0.848. The summed E-state index contributed by atoms with van der Waals surface area (Å²) in [5, 5.41) is 12.0. The van der Waals surface area contributed by atoms with E-state index in [1.54, 1.807) is 13.2 Å². The molecule has 0 bridgehead atoms. The summed E-state index contributed by atoms with van der Waals surface area (Å²) in [4.78, 5) is 15.2. The second-order valence-electron chi connectivity index (χ2n) is 4.27. The number of benzene rings is 1. The average Bonchev–Trinajstić information content (AvgIpc) is 2.83. The van der Waals surface area contributed by atoms with E-state index in [0.29, 0.717) is 12.3 Å². The molecule has 1 atom stereocenters. The van der Waals surface area contributed by atoms with E-state index < -0.39 is 12.0 Å². The second kappa shape index (κ2) is 5.56. The Morgan fingerprint density at radius 3 is 2.58 bits per heavy atom. The molecule has 0 saturated heterocycles. The van der Waals surface area contributed by atoms with E-state index >= 15 is 0 Å². The van der Waals surface area contributed by atoms with Gasteiger partial charge in [0, 0.05) is 18.2 Å². The van der Waals surface area contributed by atoms with E-state index in [1.807, 2.05) is 31.2 Å². The van der Waals surface area contributed by atoms with Crippen molar-refractivity contribution >= 4 is 11.7 Å². The van der Waals surface area contributed by atoms with Crippen molar-refractivity contribution in [2.45, 2.75) is 26.3 Å². The third kappa shape index (κ3) is 3.13. The van der Waals surface area contributed by atoms with Crippen LogP contribution in [-0.2, 0) is 4.79 Å². The molecule has 0 radical (unpaired) electrons. The molecule has 0 amide bonds. The predicted molar refractivity (Wildman–Crippen MR) is 72.0 cm³/mol. The Morgan fingerprint density at radius 1 is 1.42 bits per heavy atom. The Bertz CT molecular complexity index is 560. The van der Waals surface area contributed by atoms with Gasteiger partial charge in [-0.3, -0.25) is 0 Å². The number of aryl methyl sites for hydroxylation is 1. The van der Waals surface area contributed by atoms with Crippen molar-refractivity contribution in [1.82, 2.24) is 4.98 Å². The fourth-order valence-electron chi connectivity index (χ4n) is 1.77. The molecule has 2 aromatic rings. The molecule has 5 heteroatoms. The van der Waals surface area contributed by atoms with E-state index in [1.165, 1.54) is 0 Å². The summed E-state index contributed by atoms with van der Waals surface area (Å²) >= 11 is 0. The van der Waals surface area contributed by atoms with E-state index in [0.717, 1.165) is 16.9 Å². The highest BCUT2D eigenvalue weighted by atomic mass is 16.4. The van der Waals surface area contributed by atoms with Gasteiger partial charge in [0.1, 0.15) is 18.0 Å². The number of carboxylic acid groups (broad SMARTS) is 1. The molecule has 1 unspecified atom stereocenters. The summed E-state index contributed by atoms with van der Waals surface area (Å²) in [7, 11) is 0. The predicted octanol–water partition coefficient (Wildman–Crippen LogP) is 2.93. The van der Waals surface area contributed by atoms with Gasteiger partial charge in [0.15, 0.2) is 5.89 Å². The molecule has 19 heavy (non-hydrogen) atoms. The molecule has 0 aliphatic carbocycles. The Morgan fingerprint density at radius 2 is 2.11 bits per heavy atom. The number of aromatic nitrogens is 1. The topological polar surface area (TPSA) is 75.4 Å². The monoisotopic (exact) mass is 260 g/mol. The molecule has 1 heterocycles. The van der Waals surface area contributed by atoms with Gasteiger partial charge in [-0.05, 0) is 18.6 Å². The van der Waals surface area contributed by atoms with Gasteiger partial charge >= 0.3 is 5.97 Å². The molecule has 1 aromatic carbocycles. The number of rotatable bonds is 5. The van der Waals surface area contributed by atoms with Gasteiger partial charge in [-0.25, -0.2) is 9.78 Å². The Balaban J connectivity index is 2.12. The first-order valence-corrected chi connectivity index (χ1v) is 6.12. The summed E-state index contributed by atoms with van der Waals surface area (Å²) in [5.41, 5.74) is 2.48. The largest absolute Gasteiger partial charge is 0.480 e. The first kappa shape index (κ1) is 13.1. The second-order valence-corrected chi connectivity index (χ2v) is 4.27. The third-order valence-corrected chi connectivity index (χ3v) is 2.85. The van der Waals surface area contributed by atoms with Crippen molar-refractivity contribution in [3.05, 3.63) is 36.4 Å². The zero-order chi connectivity index (χ0) is 13.8. The molecule has 0 spiro atoms. The van der Waals surface area contributed by atoms with Crippen molar-refractivity contribution < 1.29 is 14.3 Å². The van der Waals surface area contributed by atoms with Crippen molar-refractivity contribution in [2.75, 3.05) is 5.32 Å². The van der Waals surface area contributed by atoms with Crippen LogP contribution in [0.15, 0.2) is 34.9 Å². The van der Waals surface area contributed by atoms with Crippen molar-refractivity contribution in [3.8, 4) is 11.3 Å². The lowest BCUT2D eigenvalue weighted by Gasteiger charge is -2.13. The van der Waals surface area contributed by atoms with E-state index in [2.05, 4.69) is 10.3 Å². The van der Waals surface area contributed by atoms with Gasteiger partial charge in [-0.2, -0.15) is 0 Å². The number of aliphatic carboxylic acids is 1. The standard InChI is InChI=1S/C14H16N2O3/c1-3-12(14(17)18)16-11-6-4-10(5-7-11)13-8-19-9(2)15-13/h4-8,12,16H,3H2,1-2H3,(H,17,18). The van der Waals surface area contributed by atoms with Crippen LogP contribution in [0.2, 0.25) is 0 Å². The number of carbonyl (C=O) groups is 1. The maximum absolute atomic E-state index is 10.9. The van der Waals surface area contributed by atoms with Crippen molar-refractivity contribution in [2.24, 2.45) is 0 Å². The summed E-state index contributed by atoms with van der Waals surface area (Å²) in [6.45, 7) is 3.62. The van der Waals surface area contributed by atoms with Gasteiger partial charge in [0.25, 0.3) is 0 Å². The molecule has 0 aliphatic heterocycles. The number of oxazole rings is 1. The van der Waals surface area contributed by atoms with Gasteiger partial charge < -0.3 is 14.8 Å². The number of hydrogen-bond donors (Lipinski definition) is 2. The first-order valence-electron chi connectivity index (χ1n) is 6.12. The lowest BCUT2D eigenvalue weighted by Crippen LogP contribution is -2.28. The van der Waals surface area contributed by atoms with Gasteiger partial charge in [0.2, 0.25) is 0 Å². The number of hydrogen-bond acceptors (Lipinski definition) is 4. The first-order chi connectivity index (χ1) is 9.10. The minimum Gasteiger partial charge on any atom is -0.480 e. The van der Waals surface area contributed by atoms with Crippen LogP contribution in [0, 0.1) is 6.92 Å². The van der Waals surface area contributed by atoms with Crippen molar-refractivity contribution in [3.63, 3.8) is 0 Å². The molecule has 0 aliphatic rings. The number of anilines is 1. The SMILES string of the molecule is CCC(Nc1ccc(-c2coc(C)n2)cc1)C(=O)O. The van der Waals surface area contributed by atoms with Crippen LogP contribution in [0.4, 0.5) is 5.69 Å². The van der Waals surface area contributed by atoms with E-state index in [-0.39, 0.29) is 0 Å². The smallest absolute Gasteiger partial charge is 0.326 e. The zero-order valence-corrected chi connectivity index (χ0v) is 10.9. The third-order valence-electron chi connectivity index (χ3n) is 2.85. The lowest BCUT2D eigenvalue weighted by molar-refractivity contribution is -0.137. The van der Waals surface area contributed by atoms with Crippen LogP contribution < -0.4 is 5.32 Å². The van der Waals surface area contributed by atoms with Gasteiger partial charge in [0.05, 0.1) is 0 Å². The molecular weight excluding hydrogens is 244 g/mol. The van der Waals surface area contributed by atoms with Crippen LogP contribution in [0.25, 0.3) is 11.3 Å². The quantitative estimate of drug-likeness (QED) is 0.864. The summed E-state index contributed by atoms with van der Waals surface area (Å²) in [5.74, 6) is -0.229. The highest BCUT2D eigenvalue weighted by Gasteiger charge is 2.14. The summed E-state index contributed by atoms with van der Waals surface area (Å²) in [6.07, 6.45) is 2.13. The molecule has 2 N–H and O–H groups in total. The molecule has 1 aromatic heterocycles. The zero-order valence-electron chi connectivity index (χ0n) is 10.9. The van der Waals surface area contributed by atoms with Crippen LogP contribution in [0.3, 0.4) is 0 Å². The maximum Gasteiger partial charge on any atom is 0.326 e. The molecule has 2 rings (SSSR count). The normalized spacial score (nSPS) is 12.1. The Hall–Kier alpha value is -2.30. The Labute approximate surface area is 111 Å². The average molecular weight is 260 g/mol. The van der Waals surface area contributed by atoms with Gasteiger partial charge in [-0.1, -0.05) is 19.1 Å².